The number of thiophene rings is 2. The Labute approximate surface area is 489 Å². The summed E-state index contributed by atoms with van der Waals surface area (Å²) in [4.78, 5) is 45.5. The summed E-state index contributed by atoms with van der Waals surface area (Å²) in [7, 11) is 0. The van der Waals surface area contributed by atoms with E-state index in [9.17, 15) is 0 Å². The second-order valence-electron chi connectivity index (χ2n) is 27.5. The largest absolute Gasteiger partial charge is 0.324 e. The van der Waals surface area contributed by atoms with Crippen LogP contribution in [-0.2, 0) is 27.1 Å². The van der Waals surface area contributed by atoms with E-state index < -0.39 is 0 Å². The maximum absolute atomic E-state index is 5.73. The van der Waals surface area contributed by atoms with Gasteiger partial charge in [0.25, 0.3) is 0 Å². The predicted molar refractivity (Wildman–Crippen MR) is 347 cm³/mol. The van der Waals surface area contributed by atoms with Crippen molar-refractivity contribution in [2.75, 3.05) is 0 Å². The summed E-state index contributed by atoms with van der Waals surface area (Å²) in [6.45, 7) is 33.8. The van der Waals surface area contributed by atoms with Crippen molar-refractivity contribution in [2.24, 2.45) is 0 Å². The highest BCUT2D eigenvalue weighted by Crippen LogP contribution is 2.51. The lowest BCUT2D eigenvalue weighted by Crippen LogP contribution is -2.10. The third-order valence-corrected chi connectivity index (χ3v) is 18.7. The fraction of sp³-hybridized carbons (Fsp3) is 0.278. The number of nitrogens with zero attached hydrogens (tertiary/aromatic N) is 6. The van der Waals surface area contributed by atoms with Crippen molar-refractivity contribution >= 4 is 66.8 Å². The molecule has 2 N–H and O–H groups in total. The summed E-state index contributed by atoms with van der Waals surface area (Å²) >= 11 is 3.57. The molecule has 13 rings (SSSR count). The summed E-state index contributed by atoms with van der Waals surface area (Å²) in [5.74, 6) is 2.31. The Morgan fingerprint density at radius 2 is 0.585 bits per heavy atom. The molecule has 0 radical (unpaired) electrons. The van der Waals surface area contributed by atoms with Gasteiger partial charge in [0.15, 0.2) is 23.3 Å². The fourth-order valence-corrected chi connectivity index (χ4v) is 13.4. The van der Waals surface area contributed by atoms with E-state index in [1.165, 1.54) is 48.7 Å². The Kier molecular flexibility index (Phi) is 12.2. The topological polar surface area (TPSA) is 109 Å². The van der Waals surface area contributed by atoms with Crippen LogP contribution in [0.3, 0.4) is 0 Å². The Balaban J connectivity index is 1.14. The van der Waals surface area contributed by atoms with E-state index in [4.69, 9.17) is 29.9 Å². The monoisotopic (exact) mass is 1110 g/mol. The van der Waals surface area contributed by atoms with Crippen molar-refractivity contribution < 1.29 is 0 Å². The molecule has 8 nitrogen and oxygen atoms in total. The summed E-state index contributed by atoms with van der Waals surface area (Å²) in [6, 6.07) is 51.6. The highest BCUT2D eigenvalue weighted by atomic mass is 32.1. The van der Waals surface area contributed by atoms with Gasteiger partial charge in [-0.15, -0.1) is 22.7 Å². The fourth-order valence-electron chi connectivity index (χ4n) is 11.3. The van der Waals surface area contributed by atoms with E-state index in [1.54, 1.807) is 22.7 Å². The van der Waals surface area contributed by atoms with Crippen LogP contribution in [0, 0.1) is 0 Å². The van der Waals surface area contributed by atoms with Gasteiger partial charge in [-0.25, -0.2) is 29.9 Å². The lowest BCUT2D eigenvalue weighted by atomic mass is 9.85. The molecule has 5 aromatic heterocycles. The van der Waals surface area contributed by atoms with Crippen LogP contribution in [0.15, 0.2) is 140 Å². The van der Waals surface area contributed by atoms with Crippen LogP contribution in [-0.4, -0.2) is 39.9 Å². The molecule has 0 atom stereocenters. The maximum atomic E-state index is 5.73. The third-order valence-electron chi connectivity index (χ3n) is 16.4. The molecule has 82 heavy (non-hydrogen) atoms. The molecule has 410 valence electrons. The average Bonchev–Trinajstić information content (AvgIpc) is 4.23. The molecule has 0 spiro atoms. The van der Waals surface area contributed by atoms with Crippen LogP contribution in [0.4, 0.5) is 0 Å². The van der Waals surface area contributed by atoms with Crippen molar-refractivity contribution in [1.29, 1.82) is 0 Å². The van der Waals surface area contributed by atoms with E-state index >= 15 is 0 Å². The van der Waals surface area contributed by atoms with Gasteiger partial charge in [0.1, 0.15) is 22.6 Å². The van der Waals surface area contributed by atoms with Gasteiger partial charge in [-0.05, 0) is 108 Å². The van der Waals surface area contributed by atoms with Crippen molar-refractivity contribution in [3.05, 3.63) is 167 Å². The third kappa shape index (κ3) is 9.47. The second-order valence-corrected chi connectivity index (χ2v) is 29.7. The van der Waals surface area contributed by atoms with Gasteiger partial charge in [0.2, 0.25) is 0 Å². The van der Waals surface area contributed by atoms with Gasteiger partial charge in [0.05, 0.1) is 0 Å². The number of H-pyrrole nitrogens is 2. The number of aromatic amines is 2. The van der Waals surface area contributed by atoms with E-state index in [1.807, 2.05) is 0 Å². The molecule has 10 heteroatoms. The lowest BCUT2D eigenvalue weighted by Gasteiger charge is -2.19. The normalized spacial score (nSPS) is 13.1. The smallest absolute Gasteiger partial charge is 0.165 e. The van der Waals surface area contributed by atoms with E-state index in [-0.39, 0.29) is 27.1 Å². The van der Waals surface area contributed by atoms with Gasteiger partial charge >= 0.3 is 0 Å². The van der Waals surface area contributed by atoms with Crippen molar-refractivity contribution in [2.45, 2.75) is 131 Å². The number of nitrogens with one attached hydrogen (secondary N) is 2. The highest BCUT2D eigenvalue weighted by molar-refractivity contribution is 7.19. The van der Waals surface area contributed by atoms with Crippen LogP contribution >= 0.6 is 22.7 Å². The Hall–Kier alpha value is -7.92. The number of benzene rings is 6. The van der Waals surface area contributed by atoms with Crippen LogP contribution < -0.4 is 0 Å². The Morgan fingerprint density at radius 1 is 0.268 bits per heavy atom. The quantitative estimate of drug-likeness (QED) is 0.182. The molecular weight excluding hydrogens is 1040 g/mol. The zero-order chi connectivity index (χ0) is 57.6. The van der Waals surface area contributed by atoms with E-state index in [0.717, 1.165) is 64.7 Å². The van der Waals surface area contributed by atoms with Gasteiger partial charge in [-0.3, -0.25) is 0 Å². The Morgan fingerprint density at radius 3 is 1.00 bits per heavy atom. The predicted octanol–water partition coefficient (Wildman–Crippen LogP) is 20.1. The number of rotatable bonds is 4. The lowest BCUT2D eigenvalue weighted by molar-refractivity contribution is 0.590. The van der Waals surface area contributed by atoms with Crippen molar-refractivity contribution in [3.63, 3.8) is 0 Å². The second kappa shape index (κ2) is 18.8. The molecule has 11 aromatic rings. The Bertz CT molecular complexity index is 4570. The molecule has 6 aromatic carbocycles. The maximum Gasteiger partial charge on any atom is 0.165 e. The summed E-state index contributed by atoms with van der Waals surface area (Å²) in [5, 5.41) is 3.78. The zero-order valence-corrected chi connectivity index (χ0v) is 51.4. The molecule has 0 saturated heterocycles. The number of hydrogen-bond acceptors (Lipinski definition) is 8. The number of aromatic nitrogens is 8. The molecule has 0 saturated carbocycles. The molecule has 8 bridgehead atoms. The van der Waals surface area contributed by atoms with E-state index in [2.05, 4.69) is 253 Å². The minimum atomic E-state index is -0.138. The van der Waals surface area contributed by atoms with Crippen LogP contribution in [0.5, 0.6) is 0 Å². The minimum Gasteiger partial charge on any atom is -0.324 e. The van der Waals surface area contributed by atoms with Gasteiger partial charge in [-0.2, -0.15) is 0 Å². The first-order valence-corrected chi connectivity index (χ1v) is 30.2. The van der Waals surface area contributed by atoms with Crippen molar-refractivity contribution in [1.82, 2.24) is 39.9 Å². The summed E-state index contributed by atoms with van der Waals surface area (Å²) in [5.41, 5.74) is 16.7. The molecule has 0 unspecified atom stereocenters. The molecule has 0 aliphatic carbocycles. The first kappa shape index (κ1) is 53.4. The molecule has 7 heterocycles. The van der Waals surface area contributed by atoms with Crippen LogP contribution in [0.2, 0.25) is 0 Å². The highest BCUT2D eigenvalue weighted by Gasteiger charge is 2.31. The first-order valence-electron chi connectivity index (χ1n) is 28.6. The molecule has 0 fully saturated rings. The molecule has 2 aliphatic rings. The molecule has 2 aliphatic heterocycles. The van der Waals surface area contributed by atoms with Crippen molar-refractivity contribution in [3.8, 4) is 87.3 Å². The average molecular weight is 1110 g/mol. The van der Waals surface area contributed by atoms with Crippen LogP contribution in [0.25, 0.3) is 131 Å². The minimum absolute atomic E-state index is 0.0520. The van der Waals surface area contributed by atoms with Gasteiger partial charge < -0.3 is 9.97 Å². The van der Waals surface area contributed by atoms with Gasteiger partial charge in [0, 0.05) is 74.4 Å². The summed E-state index contributed by atoms with van der Waals surface area (Å²) in [6.07, 6.45) is 0. The molecule has 0 amide bonds. The standard InChI is InChI=1S/C72H70N8S2/c1-68(2,3)41-20-16-39(17-21-41)54-32-34-56(81-54)49-30-31-50(57-35-33-55(82-57)40-18-22-42(23-19-40)69(4,5)6)59-58(49)66-78-62-48-29-26-44(71(10,11)12)37-52(48)64(77-62)74-60-46-27-24-43(70(7,8)9)36-51(46)63(73-60)75-61-47-28-25-45(72(13,14)15)38-53(47)65(76-61)79-67(59)80-66/h16-38H,1-15H3,(H2,73,74,75,76,77,78,79,80). The van der Waals surface area contributed by atoms with E-state index in [0.29, 0.717) is 45.9 Å². The SMILES string of the molecule is CC(C)(C)c1ccc(-c2ccc(-c3ccc(-c4ccc(-c5ccc(C(C)(C)C)cc5)s4)c4c3-c3nc-4nc4[nH]c(nc5nc(nc6[nH]c(n3)c3ccc(C(C)(C)C)cc63)-c3ccc(C(C)(C)C)cc3-5)c3ccc(C(C)(C)C)cc43)s2)cc1. The number of fused-ring (bicyclic) bond motifs is 20. The zero-order valence-electron chi connectivity index (χ0n) is 49.8. The van der Waals surface area contributed by atoms with Gasteiger partial charge in [-0.1, -0.05) is 201 Å². The number of hydrogen-bond donors (Lipinski definition) is 2. The summed E-state index contributed by atoms with van der Waals surface area (Å²) < 4.78 is 0. The first-order chi connectivity index (χ1) is 38.7. The van der Waals surface area contributed by atoms with Crippen LogP contribution in [0.1, 0.15) is 132 Å². The molecular formula is C72H70N8S2.